The van der Waals surface area contributed by atoms with Gasteiger partial charge in [0.25, 0.3) is 0 Å². The van der Waals surface area contributed by atoms with E-state index in [2.05, 4.69) is 27.3 Å². The van der Waals surface area contributed by atoms with Crippen molar-refractivity contribution in [3.05, 3.63) is 84.2 Å². The lowest BCUT2D eigenvalue weighted by molar-refractivity contribution is 0.251. The third kappa shape index (κ3) is 4.41. The van der Waals surface area contributed by atoms with Crippen molar-refractivity contribution in [2.45, 2.75) is 13.1 Å². The van der Waals surface area contributed by atoms with Crippen molar-refractivity contribution >= 4 is 11.7 Å². The molecule has 0 spiro atoms. The van der Waals surface area contributed by atoms with E-state index in [0.717, 1.165) is 12.2 Å². The van der Waals surface area contributed by atoms with Gasteiger partial charge in [0.15, 0.2) is 0 Å². The third-order valence-corrected chi connectivity index (χ3v) is 3.90. The highest BCUT2D eigenvalue weighted by Crippen LogP contribution is 2.22. The molecule has 5 nitrogen and oxygen atoms in total. The lowest BCUT2D eigenvalue weighted by atomic mass is 10.2. The van der Waals surface area contributed by atoms with Gasteiger partial charge in [0.2, 0.25) is 0 Å². The van der Waals surface area contributed by atoms with Gasteiger partial charge in [-0.25, -0.2) is 4.79 Å². The lowest BCUT2D eigenvalue weighted by Gasteiger charge is -2.13. The van der Waals surface area contributed by atoms with Crippen molar-refractivity contribution in [3.8, 4) is 5.75 Å². The van der Waals surface area contributed by atoms with Crippen molar-refractivity contribution in [3.63, 3.8) is 0 Å². The molecule has 0 aliphatic carbocycles. The summed E-state index contributed by atoms with van der Waals surface area (Å²) in [5.74, 6) is 0.630. The summed E-state index contributed by atoms with van der Waals surface area (Å²) >= 11 is 0. The van der Waals surface area contributed by atoms with Crippen LogP contribution >= 0.6 is 0 Å². The Morgan fingerprint density at radius 1 is 1.00 bits per heavy atom. The molecule has 0 aliphatic rings. The van der Waals surface area contributed by atoms with Crippen LogP contribution in [0.1, 0.15) is 11.3 Å². The van der Waals surface area contributed by atoms with Crippen LogP contribution < -0.4 is 15.4 Å². The monoisotopic (exact) mass is 335 g/mol. The van der Waals surface area contributed by atoms with Gasteiger partial charge in [0.1, 0.15) is 5.75 Å². The fraction of sp³-hybridized carbons (Fsp3) is 0.150. The Morgan fingerprint density at radius 3 is 2.56 bits per heavy atom. The molecule has 25 heavy (non-hydrogen) atoms. The number of ether oxygens (including phenoxy) is 1. The number of para-hydroxylation sites is 2. The number of carbonyl (C=O) groups is 1. The number of aromatic nitrogens is 1. The average molecular weight is 335 g/mol. The number of nitrogens with zero attached hydrogens (tertiary/aromatic N) is 1. The molecule has 2 amide bonds. The second-order valence-corrected chi connectivity index (χ2v) is 5.62. The SMILES string of the molecule is COc1ccccc1NC(=O)NCc1cccn1Cc1ccccc1. The van der Waals surface area contributed by atoms with Crippen LogP contribution in [0.15, 0.2) is 72.9 Å². The smallest absolute Gasteiger partial charge is 0.319 e. The standard InChI is InChI=1S/C20H21N3O2/c1-25-19-12-6-5-11-18(19)22-20(24)21-14-17-10-7-13-23(17)15-16-8-3-2-4-9-16/h2-13H,14-15H2,1H3,(H2,21,22,24). The number of benzene rings is 2. The molecule has 1 aromatic heterocycles. The zero-order chi connectivity index (χ0) is 17.5. The van der Waals surface area contributed by atoms with E-state index < -0.39 is 0 Å². The molecule has 0 unspecified atom stereocenters. The zero-order valence-corrected chi connectivity index (χ0v) is 14.1. The Balaban J connectivity index is 1.59. The summed E-state index contributed by atoms with van der Waals surface area (Å²) in [6.45, 7) is 1.22. The molecule has 0 atom stereocenters. The van der Waals surface area contributed by atoms with E-state index in [1.165, 1.54) is 5.56 Å². The summed E-state index contributed by atoms with van der Waals surface area (Å²) in [6.07, 6.45) is 2.02. The molecule has 0 fully saturated rings. The highest BCUT2D eigenvalue weighted by atomic mass is 16.5. The molecule has 5 heteroatoms. The minimum absolute atomic E-state index is 0.267. The van der Waals surface area contributed by atoms with Crippen LogP contribution in [0, 0.1) is 0 Å². The van der Waals surface area contributed by atoms with Crippen LogP contribution in [0.5, 0.6) is 5.75 Å². The lowest BCUT2D eigenvalue weighted by Crippen LogP contribution is -2.29. The van der Waals surface area contributed by atoms with Gasteiger partial charge in [0.05, 0.1) is 19.3 Å². The van der Waals surface area contributed by atoms with Gasteiger partial charge in [-0.2, -0.15) is 0 Å². The predicted molar refractivity (Wildman–Crippen MR) is 98.8 cm³/mol. The van der Waals surface area contributed by atoms with Gasteiger partial charge in [-0.3, -0.25) is 0 Å². The molecule has 2 N–H and O–H groups in total. The van der Waals surface area contributed by atoms with Crippen LogP contribution in [0.3, 0.4) is 0 Å². The summed E-state index contributed by atoms with van der Waals surface area (Å²) in [5, 5.41) is 5.69. The Hall–Kier alpha value is -3.21. The number of urea groups is 1. The van der Waals surface area contributed by atoms with E-state index in [0.29, 0.717) is 18.0 Å². The fourth-order valence-corrected chi connectivity index (χ4v) is 2.63. The van der Waals surface area contributed by atoms with E-state index in [9.17, 15) is 4.79 Å². The second kappa shape index (κ2) is 8.06. The van der Waals surface area contributed by atoms with Gasteiger partial charge in [-0.1, -0.05) is 42.5 Å². The molecular formula is C20H21N3O2. The maximum Gasteiger partial charge on any atom is 0.319 e. The van der Waals surface area contributed by atoms with Gasteiger partial charge in [-0.15, -0.1) is 0 Å². The molecule has 0 aliphatic heterocycles. The van der Waals surface area contributed by atoms with Crippen LogP contribution in [-0.4, -0.2) is 17.7 Å². The van der Waals surface area contributed by atoms with Gasteiger partial charge < -0.3 is 19.9 Å². The minimum atomic E-state index is -0.267. The summed E-state index contributed by atoms with van der Waals surface area (Å²) in [7, 11) is 1.58. The molecule has 1 heterocycles. The average Bonchev–Trinajstić information content (AvgIpc) is 3.08. The van der Waals surface area contributed by atoms with Gasteiger partial charge in [0, 0.05) is 18.4 Å². The number of anilines is 1. The first kappa shape index (κ1) is 16.6. The number of hydrogen-bond acceptors (Lipinski definition) is 2. The van der Waals surface area contributed by atoms with Gasteiger partial charge in [-0.05, 0) is 29.8 Å². The van der Waals surface area contributed by atoms with E-state index in [4.69, 9.17) is 4.74 Å². The van der Waals surface area contributed by atoms with E-state index in [1.807, 2.05) is 48.7 Å². The maximum absolute atomic E-state index is 12.2. The number of hydrogen-bond donors (Lipinski definition) is 2. The first-order valence-corrected chi connectivity index (χ1v) is 8.12. The largest absolute Gasteiger partial charge is 0.495 e. The topological polar surface area (TPSA) is 55.3 Å². The number of amides is 2. The fourth-order valence-electron chi connectivity index (χ4n) is 2.63. The van der Waals surface area contributed by atoms with Crippen LogP contribution in [0.4, 0.5) is 10.5 Å². The van der Waals surface area contributed by atoms with Crippen molar-refractivity contribution in [1.82, 2.24) is 9.88 Å². The molecule has 3 aromatic rings. The first-order valence-electron chi connectivity index (χ1n) is 8.12. The van der Waals surface area contributed by atoms with E-state index >= 15 is 0 Å². The summed E-state index contributed by atoms with van der Waals surface area (Å²) in [6, 6.07) is 21.3. The molecule has 128 valence electrons. The maximum atomic E-state index is 12.2. The highest BCUT2D eigenvalue weighted by molar-refractivity contribution is 5.90. The zero-order valence-electron chi connectivity index (χ0n) is 14.1. The molecule has 0 saturated heterocycles. The Morgan fingerprint density at radius 2 is 1.76 bits per heavy atom. The molecule has 2 aromatic carbocycles. The molecule has 0 radical (unpaired) electrons. The molecule has 0 saturated carbocycles. The first-order chi connectivity index (χ1) is 12.3. The summed E-state index contributed by atoms with van der Waals surface area (Å²) < 4.78 is 7.36. The van der Waals surface area contributed by atoms with Gasteiger partial charge >= 0.3 is 6.03 Å². The quantitative estimate of drug-likeness (QED) is 0.718. The van der Waals surface area contributed by atoms with Crippen molar-refractivity contribution in [2.24, 2.45) is 0 Å². The summed E-state index contributed by atoms with van der Waals surface area (Å²) in [4.78, 5) is 12.2. The number of rotatable bonds is 6. The van der Waals surface area contributed by atoms with E-state index in [-0.39, 0.29) is 6.03 Å². The Bertz CT molecular complexity index is 828. The minimum Gasteiger partial charge on any atom is -0.495 e. The normalized spacial score (nSPS) is 10.3. The highest BCUT2D eigenvalue weighted by Gasteiger charge is 2.08. The van der Waals surface area contributed by atoms with E-state index in [1.54, 1.807) is 19.2 Å². The van der Waals surface area contributed by atoms with Crippen molar-refractivity contribution < 1.29 is 9.53 Å². The van der Waals surface area contributed by atoms with Crippen molar-refractivity contribution in [2.75, 3.05) is 12.4 Å². The number of methoxy groups -OCH3 is 1. The third-order valence-electron chi connectivity index (χ3n) is 3.90. The Labute approximate surface area is 147 Å². The molecule has 3 rings (SSSR count). The number of nitrogens with one attached hydrogen (secondary N) is 2. The van der Waals surface area contributed by atoms with Crippen LogP contribution in [-0.2, 0) is 13.1 Å². The molecule has 0 bridgehead atoms. The summed E-state index contributed by atoms with van der Waals surface area (Å²) in [5.41, 5.74) is 2.90. The second-order valence-electron chi connectivity index (χ2n) is 5.62. The van der Waals surface area contributed by atoms with Crippen LogP contribution in [0.25, 0.3) is 0 Å². The predicted octanol–water partition coefficient (Wildman–Crippen LogP) is 3.87. The van der Waals surface area contributed by atoms with Crippen LogP contribution in [0.2, 0.25) is 0 Å². The number of carbonyl (C=O) groups excluding carboxylic acids is 1. The molecular weight excluding hydrogens is 314 g/mol. The van der Waals surface area contributed by atoms with Crippen molar-refractivity contribution in [1.29, 1.82) is 0 Å². The Kier molecular flexibility index (Phi) is 5.36.